The lowest BCUT2D eigenvalue weighted by molar-refractivity contribution is 0.0501. The summed E-state index contributed by atoms with van der Waals surface area (Å²) >= 11 is 0. The van der Waals surface area contributed by atoms with Crippen molar-refractivity contribution in [1.82, 2.24) is 9.80 Å². The third-order valence-corrected chi connectivity index (χ3v) is 3.89. The Balaban J connectivity index is 1.79. The summed E-state index contributed by atoms with van der Waals surface area (Å²) in [5.41, 5.74) is 2.24. The number of para-hydroxylation sites is 1. The van der Waals surface area contributed by atoms with E-state index in [4.69, 9.17) is 4.74 Å². The van der Waals surface area contributed by atoms with E-state index in [0.717, 1.165) is 43.1 Å². The van der Waals surface area contributed by atoms with Gasteiger partial charge in [-0.25, -0.2) is 0 Å². The first-order valence-electron chi connectivity index (χ1n) is 7.34. The number of aryl methyl sites for hydroxylation is 2. The van der Waals surface area contributed by atoms with Crippen LogP contribution in [0, 0.1) is 13.8 Å². The number of aliphatic hydroxyl groups excluding tert-OH is 1. The number of aliphatic hydroxyl groups is 1. The van der Waals surface area contributed by atoms with Crippen molar-refractivity contribution in [2.24, 2.45) is 0 Å². The molecule has 1 aliphatic rings. The van der Waals surface area contributed by atoms with Crippen LogP contribution < -0.4 is 4.74 Å². The molecule has 1 saturated heterocycles. The van der Waals surface area contributed by atoms with Gasteiger partial charge >= 0.3 is 0 Å². The molecule has 112 valence electrons. The molecule has 0 unspecified atom stereocenters. The third-order valence-electron chi connectivity index (χ3n) is 3.89. The fraction of sp³-hybridized carbons (Fsp3) is 0.625. The number of likely N-dealkylation sites (N-methyl/N-ethyl adjacent to an activating group) is 1. The fourth-order valence-corrected chi connectivity index (χ4v) is 2.59. The summed E-state index contributed by atoms with van der Waals surface area (Å²) in [7, 11) is 2.14. The second-order valence-electron chi connectivity index (χ2n) is 5.79. The standard InChI is InChI=1S/C16H26N2O2/c1-13-5-4-6-14(2)16(13)20-12-15(19)11-18-9-7-17(3)8-10-18/h4-6,15,19H,7-12H2,1-3H3/t15-/m0/s1. The van der Waals surface area contributed by atoms with Crippen LogP contribution in [-0.2, 0) is 0 Å². The van der Waals surface area contributed by atoms with E-state index in [0.29, 0.717) is 13.2 Å². The maximum atomic E-state index is 10.1. The number of ether oxygens (including phenoxy) is 1. The molecule has 20 heavy (non-hydrogen) atoms. The molecule has 0 bridgehead atoms. The summed E-state index contributed by atoms with van der Waals surface area (Å²) in [6, 6.07) is 6.10. The maximum Gasteiger partial charge on any atom is 0.125 e. The van der Waals surface area contributed by atoms with Crippen LogP contribution in [0.5, 0.6) is 5.75 Å². The van der Waals surface area contributed by atoms with Crippen molar-refractivity contribution in [3.05, 3.63) is 29.3 Å². The average Bonchev–Trinajstić information content (AvgIpc) is 2.41. The van der Waals surface area contributed by atoms with Gasteiger partial charge in [-0.05, 0) is 32.0 Å². The SMILES string of the molecule is Cc1cccc(C)c1OC[C@@H](O)CN1CCN(C)CC1. The largest absolute Gasteiger partial charge is 0.490 e. The molecule has 0 radical (unpaired) electrons. The van der Waals surface area contributed by atoms with E-state index < -0.39 is 6.10 Å². The second-order valence-corrected chi connectivity index (χ2v) is 5.79. The number of hydrogen-bond donors (Lipinski definition) is 1. The predicted molar refractivity (Wildman–Crippen MR) is 81.4 cm³/mol. The molecule has 0 spiro atoms. The van der Waals surface area contributed by atoms with Gasteiger partial charge in [-0.3, -0.25) is 4.90 Å². The Kier molecular flexibility index (Phi) is 5.40. The van der Waals surface area contributed by atoms with Crippen LogP contribution in [0.1, 0.15) is 11.1 Å². The van der Waals surface area contributed by atoms with Crippen molar-refractivity contribution in [2.75, 3.05) is 46.4 Å². The second kappa shape index (κ2) is 7.07. The Bertz CT molecular complexity index is 408. The Morgan fingerprint density at radius 3 is 2.35 bits per heavy atom. The zero-order valence-electron chi connectivity index (χ0n) is 12.8. The fourth-order valence-electron chi connectivity index (χ4n) is 2.59. The highest BCUT2D eigenvalue weighted by Crippen LogP contribution is 2.22. The van der Waals surface area contributed by atoms with Crippen molar-refractivity contribution in [3.8, 4) is 5.75 Å². The van der Waals surface area contributed by atoms with E-state index in [9.17, 15) is 5.11 Å². The van der Waals surface area contributed by atoms with Gasteiger partial charge in [0.2, 0.25) is 0 Å². The van der Waals surface area contributed by atoms with E-state index in [-0.39, 0.29) is 0 Å². The van der Waals surface area contributed by atoms with Crippen LogP contribution in [0.4, 0.5) is 0 Å². The molecule has 4 heteroatoms. The monoisotopic (exact) mass is 278 g/mol. The number of rotatable bonds is 5. The van der Waals surface area contributed by atoms with Gasteiger partial charge in [-0.1, -0.05) is 18.2 Å². The summed E-state index contributed by atoms with van der Waals surface area (Å²) in [6.07, 6.45) is -0.433. The van der Waals surface area contributed by atoms with Crippen molar-refractivity contribution < 1.29 is 9.84 Å². The van der Waals surface area contributed by atoms with Gasteiger partial charge in [-0.15, -0.1) is 0 Å². The summed E-state index contributed by atoms with van der Waals surface area (Å²) in [4.78, 5) is 4.62. The van der Waals surface area contributed by atoms with Gasteiger partial charge < -0.3 is 14.7 Å². The minimum Gasteiger partial charge on any atom is -0.490 e. The molecule has 1 aliphatic heterocycles. The Labute approximate surface area is 122 Å². The van der Waals surface area contributed by atoms with Gasteiger partial charge in [0, 0.05) is 32.7 Å². The van der Waals surface area contributed by atoms with E-state index >= 15 is 0 Å². The van der Waals surface area contributed by atoms with Crippen LogP contribution in [0.25, 0.3) is 0 Å². The van der Waals surface area contributed by atoms with Crippen LogP contribution in [-0.4, -0.2) is 67.4 Å². The van der Waals surface area contributed by atoms with Crippen molar-refractivity contribution >= 4 is 0 Å². The van der Waals surface area contributed by atoms with E-state index in [1.807, 2.05) is 32.0 Å². The van der Waals surface area contributed by atoms with E-state index in [1.165, 1.54) is 0 Å². The molecular weight excluding hydrogens is 252 g/mol. The first kappa shape index (κ1) is 15.3. The topological polar surface area (TPSA) is 35.9 Å². The highest BCUT2D eigenvalue weighted by molar-refractivity contribution is 5.39. The first-order valence-corrected chi connectivity index (χ1v) is 7.34. The average molecular weight is 278 g/mol. The lowest BCUT2D eigenvalue weighted by Crippen LogP contribution is -2.47. The highest BCUT2D eigenvalue weighted by atomic mass is 16.5. The van der Waals surface area contributed by atoms with Crippen molar-refractivity contribution in [3.63, 3.8) is 0 Å². The van der Waals surface area contributed by atoms with Crippen molar-refractivity contribution in [2.45, 2.75) is 20.0 Å². The molecule has 0 aromatic heterocycles. The number of β-amino-alcohol motifs (C(OH)–C–C–N with tert-alkyl or cyclic N) is 1. The molecule has 0 amide bonds. The smallest absolute Gasteiger partial charge is 0.125 e. The number of hydrogen-bond acceptors (Lipinski definition) is 4. The van der Waals surface area contributed by atoms with Gasteiger partial charge in [-0.2, -0.15) is 0 Å². The highest BCUT2D eigenvalue weighted by Gasteiger charge is 2.17. The molecule has 4 nitrogen and oxygen atoms in total. The summed E-state index contributed by atoms with van der Waals surface area (Å²) < 4.78 is 5.80. The van der Waals surface area contributed by atoms with Gasteiger partial charge in [0.15, 0.2) is 0 Å². The number of benzene rings is 1. The normalized spacial score (nSPS) is 19.0. The Morgan fingerprint density at radius 2 is 1.75 bits per heavy atom. The number of piperazine rings is 1. The molecule has 0 saturated carbocycles. The molecule has 1 heterocycles. The maximum absolute atomic E-state index is 10.1. The predicted octanol–water partition coefficient (Wildman–Crippen LogP) is 1.29. The summed E-state index contributed by atoms with van der Waals surface area (Å²) in [6.45, 7) is 9.32. The third kappa shape index (κ3) is 4.20. The zero-order chi connectivity index (χ0) is 14.5. The van der Waals surface area contributed by atoms with Gasteiger partial charge in [0.1, 0.15) is 18.5 Å². The molecule has 1 atom stereocenters. The van der Waals surface area contributed by atoms with Crippen LogP contribution >= 0.6 is 0 Å². The Hall–Kier alpha value is -1.10. The molecule has 2 rings (SSSR count). The zero-order valence-corrected chi connectivity index (χ0v) is 12.8. The minimum absolute atomic E-state index is 0.359. The summed E-state index contributed by atoms with van der Waals surface area (Å²) in [5, 5.41) is 10.1. The first-order chi connectivity index (χ1) is 9.56. The van der Waals surface area contributed by atoms with E-state index in [1.54, 1.807) is 0 Å². The number of nitrogens with zero attached hydrogens (tertiary/aromatic N) is 2. The van der Waals surface area contributed by atoms with Crippen LogP contribution in [0.3, 0.4) is 0 Å². The Morgan fingerprint density at radius 1 is 1.15 bits per heavy atom. The quantitative estimate of drug-likeness (QED) is 0.880. The lowest BCUT2D eigenvalue weighted by Gasteiger charge is -2.33. The lowest BCUT2D eigenvalue weighted by atomic mass is 10.1. The molecule has 0 aliphatic carbocycles. The summed E-state index contributed by atoms with van der Waals surface area (Å²) in [5.74, 6) is 0.907. The molecule has 1 fully saturated rings. The van der Waals surface area contributed by atoms with Gasteiger partial charge in [0.25, 0.3) is 0 Å². The van der Waals surface area contributed by atoms with Crippen LogP contribution in [0.15, 0.2) is 18.2 Å². The molecular formula is C16H26N2O2. The molecule has 1 aromatic rings. The van der Waals surface area contributed by atoms with E-state index in [2.05, 4.69) is 16.8 Å². The molecule has 1 N–H and O–H groups in total. The minimum atomic E-state index is -0.433. The van der Waals surface area contributed by atoms with Crippen molar-refractivity contribution in [1.29, 1.82) is 0 Å². The molecule has 1 aromatic carbocycles. The van der Waals surface area contributed by atoms with Gasteiger partial charge in [0.05, 0.1) is 0 Å². The van der Waals surface area contributed by atoms with Crippen LogP contribution in [0.2, 0.25) is 0 Å².